The van der Waals surface area contributed by atoms with Gasteiger partial charge in [-0.2, -0.15) is 0 Å². The van der Waals surface area contributed by atoms with E-state index in [1.165, 1.54) is 17.2 Å². The number of thioether (sulfide) groups is 1. The summed E-state index contributed by atoms with van der Waals surface area (Å²) in [5.74, 6) is 1.25. The SMILES string of the molecule is CC1CCSC(c2nccs2)N1. The first-order chi connectivity index (χ1) is 5.86. The fourth-order valence-electron chi connectivity index (χ4n) is 1.26. The van der Waals surface area contributed by atoms with E-state index in [2.05, 4.69) is 17.2 Å². The van der Waals surface area contributed by atoms with E-state index in [1.54, 1.807) is 11.3 Å². The minimum Gasteiger partial charge on any atom is -0.297 e. The predicted molar refractivity (Wildman–Crippen MR) is 54.5 cm³/mol. The number of aromatic nitrogens is 1. The van der Waals surface area contributed by atoms with Gasteiger partial charge in [-0.3, -0.25) is 5.32 Å². The lowest BCUT2D eigenvalue weighted by Crippen LogP contribution is -2.33. The Morgan fingerprint density at radius 2 is 2.58 bits per heavy atom. The Hall–Kier alpha value is -0.0600. The predicted octanol–water partition coefficient (Wildman–Crippen LogP) is 2.26. The van der Waals surface area contributed by atoms with E-state index in [0.29, 0.717) is 11.4 Å². The molecule has 2 heterocycles. The van der Waals surface area contributed by atoms with Crippen molar-refractivity contribution in [1.82, 2.24) is 10.3 Å². The van der Waals surface area contributed by atoms with Crippen molar-refractivity contribution in [3.05, 3.63) is 16.6 Å². The molecule has 1 aromatic heterocycles. The minimum atomic E-state index is 0.439. The van der Waals surface area contributed by atoms with Crippen molar-refractivity contribution < 1.29 is 0 Å². The summed E-state index contributed by atoms with van der Waals surface area (Å²) in [5, 5.41) is 7.22. The molecule has 0 amide bonds. The number of thiazole rings is 1. The fourth-order valence-corrected chi connectivity index (χ4v) is 3.46. The third-order valence-corrected chi connectivity index (χ3v) is 4.10. The van der Waals surface area contributed by atoms with E-state index in [9.17, 15) is 0 Å². The maximum Gasteiger partial charge on any atom is 0.120 e. The van der Waals surface area contributed by atoms with Crippen LogP contribution < -0.4 is 5.32 Å². The van der Waals surface area contributed by atoms with Gasteiger partial charge in [0.2, 0.25) is 0 Å². The molecule has 1 aliphatic rings. The Morgan fingerprint density at radius 3 is 3.25 bits per heavy atom. The molecule has 0 bridgehead atoms. The summed E-state index contributed by atoms with van der Waals surface area (Å²) >= 11 is 3.70. The second kappa shape index (κ2) is 3.77. The topological polar surface area (TPSA) is 24.9 Å². The molecular formula is C8H12N2S2. The van der Waals surface area contributed by atoms with Crippen molar-refractivity contribution >= 4 is 23.1 Å². The Bertz CT molecular complexity index is 235. The average molecular weight is 200 g/mol. The van der Waals surface area contributed by atoms with Crippen molar-refractivity contribution in [3.63, 3.8) is 0 Å². The number of nitrogens with zero attached hydrogens (tertiary/aromatic N) is 1. The zero-order valence-corrected chi connectivity index (χ0v) is 8.62. The van der Waals surface area contributed by atoms with Crippen molar-refractivity contribution in [2.45, 2.75) is 24.8 Å². The number of nitrogens with one attached hydrogen (secondary N) is 1. The quantitative estimate of drug-likeness (QED) is 0.752. The fraction of sp³-hybridized carbons (Fsp3) is 0.625. The minimum absolute atomic E-state index is 0.439. The molecule has 4 heteroatoms. The third-order valence-electron chi connectivity index (χ3n) is 1.95. The lowest BCUT2D eigenvalue weighted by atomic mass is 10.2. The molecule has 2 rings (SSSR count). The maximum absolute atomic E-state index is 4.31. The first kappa shape index (κ1) is 8.53. The van der Waals surface area contributed by atoms with Gasteiger partial charge in [-0.25, -0.2) is 4.98 Å². The highest BCUT2D eigenvalue weighted by molar-refractivity contribution is 7.99. The highest BCUT2D eigenvalue weighted by Crippen LogP contribution is 2.32. The monoisotopic (exact) mass is 200 g/mol. The van der Waals surface area contributed by atoms with Crippen LogP contribution in [0.5, 0.6) is 0 Å². The van der Waals surface area contributed by atoms with Gasteiger partial charge in [0.05, 0.1) is 0 Å². The lowest BCUT2D eigenvalue weighted by Gasteiger charge is -2.26. The molecular weight excluding hydrogens is 188 g/mol. The summed E-state index contributed by atoms with van der Waals surface area (Å²) in [6.07, 6.45) is 3.15. The highest BCUT2D eigenvalue weighted by atomic mass is 32.2. The summed E-state index contributed by atoms with van der Waals surface area (Å²) < 4.78 is 0. The largest absolute Gasteiger partial charge is 0.297 e. The van der Waals surface area contributed by atoms with Gasteiger partial charge in [-0.05, 0) is 19.1 Å². The van der Waals surface area contributed by atoms with Gasteiger partial charge in [0.25, 0.3) is 0 Å². The van der Waals surface area contributed by atoms with Gasteiger partial charge in [-0.1, -0.05) is 0 Å². The second-order valence-corrected chi connectivity index (χ2v) is 5.12. The van der Waals surface area contributed by atoms with E-state index in [0.717, 1.165) is 0 Å². The second-order valence-electron chi connectivity index (χ2n) is 2.98. The zero-order valence-electron chi connectivity index (χ0n) is 6.99. The molecule has 0 spiro atoms. The summed E-state index contributed by atoms with van der Waals surface area (Å²) in [6, 6.07) is 0.639. The van der Waals surface area contributed by atoms with Crippen LogP contribution in [0.15, 0.2) is 11.6 Å². The molecule has 2 nitrogen and oxygen atoms in total. The molecule has 1 aromatic rings. The zero-order chi connectivity index (χ0) is 8.39. The smallest absolute Gasteiger partial charge is 0.120 e. The maximum atomic E-state index is 4.31. The van der Waals surface area contributed by atoms with Crippen LogP contribution in [0, 0.1) is 0 Å². The molecule has 1 aliphatic heterocycles. The summed E-state index contributed by atoms with van der Waals surface area (Å²) in [6.45, 7) is 2.24. The molecule has 2 atom stereocenters. The Labute approximate surface area is 80.8 Å². The average Bonchev–Trinajstić information content (AvgIpc) is 2.56. The van der Waals surface area contributed by atoms with Crippen LogP contribution in [0.3, 0.4) is 0 Å². The van der Waals surface area contributed by atoms with Crippen LogP contribution in [0.1, 0.15) is 23.7 Å². The molecule has 1 saturated heterocycles. The highest BCUT2D eigenvalue weighted by Gasteiger charge is 2.21. The Balaban J connectivity index is 2.04. The van der Waals surface area contributed by atoms with Gasteiger partial charge in [-0.15, -0.1) is 23.1 Å². The van der Waals surface area contributed by atoms with Gasteiger partial charge in [0.15, 0.2) is 0 Å². The Kier molecular flexibility index (Phi) is 2.68. The number of hydrogen-bond acceptors (Lipinski definition) is 4. The number of hydrogen-bond donors (Lipinski definition) is 1. The molecule has 0 aliphatic carbocycles. The lowest BCUT2D eigenvalue weighted by molar-refractivity contribution is 0.511. The molecule has 66 valence electrons. The van der Waals surface area contributed by atoms with Crippen molar-refractivity contribution in [2.75, 3.05) is 5.75 Å². The first-order valence-corrected chi connectivity index (χ1v) is 6.06. The molecule has 0 radical (unpaired) electrons. The van der Waals surface area contributed by atoms with Crippen LogP contribution >= 0.6 is 23.1 Å². The van der Waals surface area contributed by atoms with Crippen LogP contribution in [0.2, 0.25) is 0 Å². The molecule has 1 N–H and O–H groups in total. The summed E-state index contributed by atoms with van der Waals surface area (Å²) in [5.41, 5.74) is 0. The van der Waals surface area contributed by atoms with E-state index in [4.69, 9.17) is 0 Å². The molecule has 2 unspecified atom stereocenters. The van der Waals surface area contributed by atoms with Crippen molar-refractivity contribution in [3.8, 4) is 0 Å². The Morgan fingerprint density at radius 1 is 1.67 bits per heavy atom. The van der Waals surface area contributed by atoms with Gasteiger partial charge in [0, 0.05) is 17.6 Å². The van der Waals surface area contributed by atoms with E-state index in [1.807, 2.05) is 23.3 Å². The normalized spacial score (nSPS) is 30.4. The first-order valence-electron chi connectivity index (χ1n) is 4.13. The van der Waals surface area contributed by atoms with Crippen LogP contribution in [0.25, 0.3) is 0 Å². The van der Waals surface area contributed by atoms with E-state index < -0.39 is 0 Å². The van der Waals surface area contributed by atoms with Crippen LogP contribution in [-0.2, 0) is 0 Å². The van der Waals surface area contributed by atoms with E-state index >= 15 is 0 Å². The molecule has 0 saturated carbocycles. The molecule has 0 aromatic carbocycles. The number of rotatable bonds is 1. The molecule has 12 heavy (non-hydrogen) atoms. The van der Waals surface area contributed by atoms with Gasteiger partial charge >= 0.3 is 0 Å². The third kappa shape index (κ3) is 1.81. The summed E-state index contributed by atoms with van der Waals surface area (Å²) in [7, 11) is 0. The van der Waals surface area contributed by atoms with E-state index in [-0.39, 0.29) is 0 Å². The van der Waals surface area contributed by atoms with Crippen LogP contribution in [0.4, 0.5) is 0 Å². The van der Waals surface area contributed by atoms with Crippen molar-refractivity contribution in [1.29, 1.82) is 0 Å². The van der Waals surface area contributed by atoms with Crippen LogP contribution in [-0.4, -0.2) is 16.8 Å². The van der Waals surface area contributed by atoms with Crippen molar-refractivity contribution in [2.24, 2.45) is 0 Å². The molecule has 1 fully saturated rings. The summed E-state index contributed by atoms with van der Waals surface area (Å²) in [4.78, 5) is 4.31. The van der Waals surface area contributed by atoms with Gasteiger partial charge < -0.3 is 0 Å². The standard InChI is InChI=1S/C8H12N2S2/c1-6-2-4-11-8(10-6)7-9-3-5-12-7/h3,5-6,8,10H,2,4H2,1H3. The van der Waals surface area contributed by atoms with Gasteiger partial charge in [0.1, 0.15) is 10.4 Å².